The summed E-state index contributed by atoms with van der Waals surface area (Å²) in [7, 11) is -2.08. The molecule has 0 unspecified atom stereocenters. The van der Waals surface area contributed by atoms with E-state index in [1.165, 1.54) is 39.9 Å². The number of carbonyl (C=O) groups is 2. The fraction of sp³-hybridized carbons (Fsp3) is 0.348. The first-order valence-corrected chi connectivity index (χ1v) is 13.8. The Morgan fingerprint density at radius 3 is 2.50 bits per heavy atom. The highest BCUT2D eigenvalue weighted by atomic mass is 79.9. The van der Waals surface area contributed by atoms with Crippen LogP contribution in [0.2, 0.25) is 0 Å². The lowest BCUT2D eigenvalue weighted by atomic mass is 10.2. The van der Waals surface area contributed by atoms with Gasteiger partial charge in [-0.25, -0.2) is 12.7 Å². The zero-order valence-electron chi connectivity index (χ0n) is 19.2. The maximum absolute atomic E-state index is 12.9. The van der Waals surface area contributed by atoms with Crippen LogP contribution in [-0.2, 0) is 26.1 Å². The van der Waals surface area contributed by atoms with Crippen molar-refractivity contribution >= 4 is 59.4 Å². The number of esters is 1. The van der Waals surface area contributed by atoms with Crippen molar-refractivity contribution < 1.29 is 22.7 Å². The number of fused-ring (bicyclic) bond motifs is 1. The molecule has 0 aliphatic carbocycles. The van der Waals surface area contributed by atoms with Crippen molar-refractivity contribution in [1.29, 1.82) is 0 Å². The Kier molecular flexibility index (Phi) is 8.80. The highest BCUT2D eigenvalue weighted by Crippen LogP contribution is 2.23. The number of thiazole rings is 1. The third-order valence-corrected chi connectivity index (χ3v) is 8.48. The van der Waals surface area contributed by atoms with E-state index in [0.717, 1.165) is 27.5 Å². The van der Waals surface area contributed by atoms with Gasteiger partial charge in [0.05, 0.1) is 21.7 Å². The van der Waals surface area contributed by atoms with Crippen LogP contribution >= 0.6 is 27.3 Å². The quantitative estimate of drug-likeness (QED) is 0.361. The van der Waals surface area contributed by atoms with Gasteiger partial charge in [0.2, 0.25) is 10.0 Å². The zero-order valence-corrected chi connectivity index (χ0v) is 22.4. The van der Waals surface area contributed by atoms with Gasteiger partial charge in [0, 0.05) is 23.6 Å². The van der Waals surface area contributed by atoms with Crippen molar-refractivity contribution in [3.63, 3.8) is 0 Å². The molecule has 0 spiro atoms. The van der Waals surface area contributed by atoms with Gasteiger partial charge in [0.1, 0.15) is 6.54 Å². The number of rotatable bonds is 9. The minimum absolute atomic E-state index is 0.0805. The number of hydrogen-bond donors (Lipinski definition) is 0. The van der Waals surface area contributed by atoms with Gasteiger partial charge < -0.3 is 9.30 Å². The van der Waals surface area contributed by atoms with Gasteiger partial charge in [0.15, 0.2) is 4.80 Å². The van der Waals surface area contributed by atoms with Crippen molar-refractivity contribution in [3.05, 3.63) is 57.3 Å². The van der Waals surface area contributed by atoms with Crippen LogP contribution in [0.25, 0.3) is 10.2 Å². The lowest BCUT2D eigenvalue weighted by Crippen LogP contribution is -2.27. The number of amides is 1. The van der Waals surface area contributed by atoms with Crippen molar-refractivity contribution in [3.8, 4) is 0 Å². The summed E-state index contributed by atoms with van der Waals surface area (Å²) in [4.78, 5) is 29.7. The van der Waals surface area contributed by atoms with Crippen molar-refractivity contribution in [2.45, 2.75) is 38.1 Å². The number of halogens is 1. The Morgan fingerprint density at radius 1 is 1.15 bits per heavy atom. The molecule has 1 heterocycles. The molecule has 0 fully saturated rings. The summed E-state index contributed by atoms with van der Waals surface area (Å²) in [6.45, 7) is 4.32. The van der Waals surface area contributed by atoms with Crippen LogP contribution < -0.4 is 4.80 Å². The smallest absolute Gasteiger partial charge is 0.326 e. The predicted molar refractivity (Wildman–Crippen MR) is 135 cm³/mol. The van der Waals surface area contributed by atoms with Gasteiger partial charge in [-0.15, -0.1) is 0 Å². The molecule has 0 radical (unpaired) electrons. The van der Waals surface area contributed by atoms with E-state index in [2.05, 4.69) is 20.9 Å². The molecule has 0 saturated heterocycles. The fourth-order valence-electron chi connectivity index (χ4n) is 3.22. The first-order chi connectivity index (χ1) is 16.2. The van der Waals surface area contributed by atoms with E-state index >= 15 is 0 Å². The van der Waals surface area contributed by atoms with Crippen LogP contribution in [0.1, 0.15) is 37.0 Å². The van der Waals surface area contributed by atoms with Crippen LogP contribution in [0, 0.1) is 0 Å². The van der Waals surface area contributed by atoms with Crippen LogP contribution in [0.4, 0.5) is 0 Å². The summed E-state index contributed by atoms with van der Waals surface area (Å²) in [6, 6.07) is 11.3. The molecule has 182 valence electrons. The molecule has 34 heavy (non-hydrogen) atoms. The minimum Gasteiger partial charge on any atom is -0.465 e. The van der Waals surface area contributed by atoms with E-state index in [9.17, 15) is 18.0 Å². The third-order valence-electron chi connectivity index (χ3n) is 5.07. The second-order valence-corrected chi connectivity index (χ2v) is 11.5. The van der Waals surface area contributed by atoms with Gasteiger partial charge >= 0.3 is 5.97 Å². The Morgan fingerprint density at radius 2 is 1.85 bits per heavy atom. The number of aromatic nitrogens is 1. The molecule has 1 amide bonds. The monoisotopic (exact) mass is 567 g/mol. The summed E-state index contributed by atoms with van der Waals surface area (Å²) >= 11 is 4.71. The first kappa shape index (κ1) is 26.3. The largest absolute Gasteiger partial charge is 0.465 e. The van der Waals surface area contributed by atoms with Gasteiger partial charge in [-0.1, -0.05) is 40.6 Å². The molecule has 0 N–H and O–H groups in total. The Balaban J connectivity index is 1.95. The standard InChI is InChI=1S/C23H26BrN3O5S2/c1-4-6-13-26(3)34(30,31)18-10-7-16(8-11-18)22(29)25-23-27(15-21(28)32-5-2)19-12-9-17(24)14-20(19)33-23/h7-12,14H,4-6,13,15H2,1-3H3. The van der Waals surface area contributed by atoms with E-state index in [0.29, 0.717) is 11.3 Å². The minimum atomic E-state index is -3.63. The molecule has 0 aliphatic heterocycles. The van der Waals surface area contributed by atoms with Gasteiger partial charge in [-0.3, -0.25) is 9.59 Å². The Labute approximate surface area is 211 Å². The van der Waals surface area contributed by atoms with Crippen LogP contribution in [0.3, 0.4) is 0 Å². The summed E-state index contributed by atoms with van der Waals surface area (Å²) in [5, 5.41) is 0. The van der Waals surface area contributed by atoms with E-state index in [1.807, 2.05) is 25.1 Å². The highest BCUT2D eigenvalue weighted by molar-refractivity contribution is 9.10. The average Bonchev–Trinajstić information content (AvgIpc) is 3.13. The zero-order chi connectivity index (χ0) is 24.9. The molecule has 11 heteroatoms. The topological polar surface area (TPSA) is 98.0 Å². The van der Waals surface area contributed by atoms with Gasteiger partial charge in [-0.05, 0) is 55.8 Å². The van der Waals surface area contributed by atoms with Crippen LogP contribution in [0.5, 0.6) is 0 Å². The van der Waals surface area contributed by atoms with Gasteiger partial charge in [-0.2, -0.15) is 4.99 Å². The van der Waals surface area contributed by atoms with Crippen LogP contribution in [0.15, 0.2) is 56.8 Å². The average molecular weight is 569 g/mol. The maximum atomic E-state index is 12.9. The molecule has 0 saturated carbocycles. The molecule has 0 bridgehead atoms. The second kappa shape index (κ2) is 11.4. The number of ether oxygens (including phenoxy) is 1. The summed E-state index contributed by atoms with van der Waals surface area (Å²) < 4.78 is 35.1. The van der Waals surface area contributed by atoms with E-state index in [1.54, 1.807) is 18.5 Å². The third kappa shape index (κ3) is 6.01. The molecule has 3 rings (SSSR count). The molecular formula is C23H26BrN3O5S2. The molecule has 0 aliphatic rings. The number of sulfonamides is 1. The van der Waals surface area contributed by atoms with Crippen molar-refractivity contribution in [2.75, 3.05) is 20.2 Å². The number of carbonyl (C=O) groups excluding carboxylic acids is 2. The summed E-state index contributed by atoms with van der Waals surface area (Å²) in [6.07, 6.45) is 1.66. The number of unbranched alkanes of at least 4 members (excludes halogenated alkanes) is 1. The molecule has 1 aromatic heterocycles. The van der Waals surface area contributed by atoms with Crippen molar-refractivity contribution in [1.82, 2.24) is 8.87 Å². The fourth-order valence-corrected chi connectivity index (χ4v) is 6.01. The molecule has 8 nitrogen and oxygen atoms in total. The van der Waals surface area contributed by atoms with Gasteiger partial charge in [0.25, 0.3) is 5.91 Å². The normalized spacial score (nSPS) is 12.4. The molecule has 3 aromatic rings. The van der Waals surface area contributed by atoms with E-state index < -0.39 is 21.9 Å². The second-order valence-electron chi connectivity index (χ2n) is 7.51. The first-order valence-electron chi connectivity index (χ1n) is 10.8. The van der Waals surface area contributed by atoms with Crippen molar-refractivity contribution in [2.24, 2.45) is 4.99 Å². The summed E-state index contributed by atoms with van der Waals surface area (Å²) in [5.74, 6) is -0.965. The predicted octanol–water partition coefficient (Wildman–Crippen LogP) is 4.19. The molecule has 2 aromatic carbocycles. The van der Waals surface area contributed by atoms with E-state index in [-0.39, 0.29) is 23.6 Å². The Hall–Kier alpha value is -2.34. The number of hydrogen-bond acceptors (Lipinski definition) is 6. The molecule has 0 atom stereocenters. The summed E-state index contributed by atoms with van der Waals surface area (Å²) in [5.41, 5.74) is 1.00. The van der Waals surface area contributed by atoms with Crippen LogP contribution in [-0.4, -0.2) is 49.4 Å². The number of benzene rings is 2. The lowest BCUT2D eigenvalue weighted by molar-refractivity contribution is -0.143. The number of nitrogens with zero attached hydrogens (tertiary/aromatic N) is 3. The van der Waals surface area contributed by atoms with E-state index in [4.69, 9.17) is 4.74 Å². The molecular weight excluding hydrogens is 542 g/mol. The highest BCUT2D eigenvalue weighted by Gasteiger charge is 2.20. The SMILES string of the molecule is CCCCN(C)S(=O)(=O)c1ccc(C(=O)N=c2sc3cc(Br)ccc3n2CC(=O)OCC)cc1. The Bertz CT molecular complexity index is 1360. The maximum Gasteiger partial charge on any atom is 0.326 e. The lowest BCUT2D eigenvalue weighted by Gasteiger charge is -2.16.